The van der Waals surface area contributed by atoms with Gasteiger partial charge in [-0.25, -0.2) is 13.4 Å². The minimum absolute atomic E-state index is 0.0649. The van der Waals surface area contributed by atoms with Crippen LogP contribution in [0.5, 0.6) is 0 Å². The van der Waals surface area contributed by atoms with Crippen molar-refractivity contribution in [2.24, 2.45) is 5.84 Å². The Labute approximate surface area is 177 Å². The minimum atomic E-state index is -3.81. The summed E-state index contributed by atoms with van der Waals surface area (Å²) >= 11 is 0. The van der Waals surface area contributed by atoms with E-state index in [9.17, 15) is 18.0 Å². The summed E-state index contributed by atoms with van der Waals surface area (Å²) in [5, 5.41) is 3.24. The molecule has 0 aliphatic heterocycles. The number of H-pyrrole nitrogens is 1. The number of benzene rings is 3. The molecule has 31 heavy (non-hydrogen) atoms. The molecule has 1 amide bonds. The second-order valence-electron chi connectivity index (χ2n) is 6.58. The topological polar surface area (TPSA) is 147 Å². The van der Waals surface area contributed by atoms with E-state index in [4.69, 9.17) is 5.84 Å². The number of carbonyl (C=O) groups is 1. The molecule has 0 aliphatic rings. The SMILES string of the molecule is NNS(=O)(=O)c1ccc(C(=O)Nc2ccccc2-c2nc3ccccc3c(=O)[nH]2)cc1. The van der Waals surface area contributed by atoms with Crippen molar-refractivity contribution in [3.8, 4) is 11.4 Å². The molecular formula is C21H17N5O4S. The number of sulfonamides is 1. The van der Waals surface area contributed by atoms with Gasteiger partial charge in [0, 0.05) is 11.1 Å². The number of carbonyl (C=O) groups excluding carboxylic acids is 1. The molecule has 9 nitrogen and oxygen atoms in total. The zero-order chi connectivity index (χ0) is 22.0. The van der Waals surface area contributed by atoms with Crippen molar-refractivity contribution in [2.45, 2.75) is 4.90 Å². The zero-order valence-electron chi connectivity index (χ0n) is 16.0. The second kappa shape index (κ2) is 8.11. The van der Waals surface area contributed by atoms with Crippen molar-refractivity contribution in [1.82, 2.24) is 14.8 Å². The summed E-state index contributed by atoms with van der Waals surface area (Å²) in [4.78, 5) is 34.0. The zero-order valence-corrected chi connectivity index (χ0v) is 16.8. The molecule has 0 fully saturated rings. The number of aromatic nitrogens is 2. The summed E-state index contributed by atoms with van der Waals surface area (Å²) in [5.41, 5.74) is 1.46. The van der Waals surface area contributed by atoms with Crippen LogP contribution in [0.2, 0.25) is 0 Å². The summed E-state index contributed by atoms with van der Waals surface area (Å²) in [6, 6.07) is 19.2. The van der Waals surface area contributed by atoms with Gasteiger partial charge in [-0.2, -0.15) is 4.83 Å². The lowest BCUT2D eigenvalue weighted by Gasteiger charge is -2.11. The first-order chi connectivity index (χ1) is 14.9. The van der Waals surface area contributed by atoms with Gasteiger partial charge < -0.3 is 10.3 Å². The second-order valence-corrected chi connectivity index (χ2v) is 8.29. The lowest BCUT2D eigenvalue weighted by molar-refractivity contribution is 0.102. The summed E-state index contributed by atoms with van der Waals surface area (Å²) < 4.78 is 23.4. The average Bonchev–Trinajstić information content (AvgIpc) is 2.79. The number of nitrogens with zero attached hydrogens (tertiary/aromatic N) is 1. The molecule has 0 saturated heterocycles. The molecule has 0 aliphatic carbocycles. The highest BCUT2D eigenvalue weighted by Crippen LogP contribution is 2.26. The molecule has 0 spiro atoms. The first-order valence-corrected chi connectivity index (χ1v) is 10.6. The van der Waals surface area contributed by atoms with Crippen molar-refractivity contribution in [3.05, 3.63) is 88.7 Å². The van der Waals surface area contributed by atoms with Crippen molar-refractivity contribution in [2.75, 3.05) is 5.32 Å². The largest absolute Gasteiger partial charge is 0.321 e. The van der Waals surface area contributed by atoms with Crippen LogP contribution in [0.4, 0.5) is 5.69 Å². The van der Waals surface area contributed by atoms with Crippen LogP contribution in [0, 0.1) is 0 Å². The highest BCUT2D eigenvalue weighted by atomic mass is 32.2. The van der Waals surface area contributed by atoms with Gasteiger partial charge in [0.15, 0.2) is 0 Å². The van der Waals surface area contributed by atoms with E-state index in [1.54, 1.807) is 53.4 Å². The maximum absolute atomic E-state index is 12.7. The van der Waals surface area contributed by atoms with Crippen LogP contribution in [0.3, 0.4) is 0 Å². The fraction of sp³-hybridized carbons (Fsp3) is 0. The molecule has 156 valence electrons. The number of hydrazine groups is 1. The quantitative estimate of drug-likeness (QED) is 0.278. The van der Waals surface area contributed by atoms with Crippen LogP contribution in [-0.2, 0) is 10.0 Å². The number of aromatic amines is 1. The van der Waals surface area contributed by atoms with Gasteiger partial charge in [-0.15, -0.1) is 0 Å². The van der Waals surface area contributed by atoms with Crippen LogP contribution in [0.25, 0.3) is 22.3 Å². The summed E-state index contributed by atoms with van der Waals surface area (Å²) in [6.45, 7) is 0. The Morgan fingerprint density at radius 1 is 0.935 bits per heavy atom. The standard InChI is InChI=1S/C21H17N5O4S/c22-26-31(29,30)14-11-9-13(10-12-14)20(27)24-17-7-3-1-5-15(17)19-23-18-8-4-2-6-16(18)21(28)25-19/h1-12,26H,22H2,(H,24,27)(H,23,25,28). The number of amides is 1. The fourth-order valence-electron chi connectivity index (χ4n) is 3.06. The molecule has 0 radical (unpaired) electrons. The van der Waals surface area contributed by atoms with Crippen LogP contribution in [0.15, 0.2) is 82.5 Å². The lowest BCUT2D eigenvalue weighted by atomic mass is 10.1. The Morgan fingerprint density at radius 2 is 1.61 bits per heavy atom. The number of anilines is 1. The van der Waals surface area contributed by atoms with Crippen molar-refractivity contribution in [3.63, 3.8) is 0 Å². The van der Waals surface area contributed by atoms with Crippen LogP contribution in [0.1, 0.15) is 10.4 Å². The van der Waals surface area contributed by atoms with Gasteiger partial charge in [0.1, 0.15) is 5.82 Å². The molecule has 0 bridgehead atoms. The van der Waals surface area contributed by atoms with Gasteiger partial charge in [-0.05, 0) is 48.5 Å². The number of nitrogens with two attached hydrogens (primary N) is 1. The minimum Gasteiger partial charge on any atom is -0.321 e. The van der Waals surface area contributed by atoms with Gasteiger partial charge in [0.2, 0.25) is 0 Å². The number of fused-ring (bicyclic) bond motifs is 1. The van der Waals surface area contributed by atoms with E-state index in [2.05, 4.69) is 15.3 Å². The van der Waals surface area contributed by atoms with Crippen LogP contribution in [-0.4, -0.2) is 24.3 Å². The Bertz CT molecular complexity index is 1450. The van der Waals surface area contributed by atoms with Gasteiger partial charge in [0.25, 0.3) is 21.5 Å². The number of hydrogen-bond donors (Lipinski definition) is 4. The summed E-state index contributed by atoms with van der Waals surface area (Å²) in [7, 11) is -3.81. The van der Waals surface area contributed by atoms with E-state index < -0.39 is 15.9 Å². The molecular weight excluding hydrogens is 418 g/mol. The maximum Gasteiger partial charge on any atom is 0.259 e. The fourth-order valence-corrected chi connectivity index (χ4v) is 3.69. The Balaban J connectivity index is 1.67. The van der Waals surface area contributed by atoms with Crippen molar-refractivity contribution in [1.29, 1.82) is 0 Å². The highest BCUT2D eigenvalue weighted by molar-refractivity contribution is 7.89. The summed E-state index contributed by atoms with van der Waals surface area (Å²) in [5.74, 6) is 4.86. The van der Waals surface area contributed by atoms with E-state index >= 15 is 0 Å². The third-order valence-electron chi connectivity index (χ3n) is 4.63. The highest BCUT2D eigenvalue weighted by Gasteiger charge is 2.15. The number of rotatable bonds is 5. The van der Waals surface area contributed by atoms with Gasteiger partial charge in [-0.3, -0.25) is 15.4 Å². The molecule has 4 aromatic rings. The van der Waals surface area contributed by atoms with Crippen LogP contribution >= 0.6 is 0 Å². The molecule has 0 saturated carbocycles. The smallest absolute Gasteiger partial charge is 0.259 e. The molecule has 3 aromatic carbocycles. The van der Waals surface area contributed by atoms with Gasteiger partial charge >= 0.3 is 0 Å². The normalized spacial score (nSPS) is 11.4. The van der Waals surface area contributed by atoms with E-state index in [0.717, 1.165) is 0 Å². The van der Waals surface area contributed by atoms with E-state index in [0.29, 0.717) is 28.0 Å². The molecule has 0 atom stereocenters. The number of hydrogen-bond acceptors (Lipinski definition) is 6. The molecule has 1 aromatic heterocycles. The third-order valence-corrected chi connectivity index (χ3v) is 5.83. The Hall–Kier alpha value is -3.86. The first kappa shape index (κ1) is 20.4. The lowest BCUT2D eigenvalue weighted by Crippen LogP contribution is -2.30. The Morgan fingerprint density at radius 3 is 2.35 bits per heavy atom. The first-order valence-electron chi connectivity index (χ1n) is 9.11. The predicted molar refractivity (Wildman–Crippen MR) is 117 cm³/mol. The van der Waals surface area contributed by atoms with Crippen molar-refractivity contribution < 1.29 is 13.2 Å². The number of para-hydroxylation sites is 2. The van der Waals surface area contributed by atoms with Crippen molar-refractivity contribution >= 4 is 32.5 Å². The molecule has 10 heteroatoms. The van der Waals surface area contributed by atoms with Gasteiger partial charge in [-0.1, -0.05) is 24.3 Å². The van der Waals surface area contributed by atoms with Crippen LogP contribution < -0.4 is 21.5 Å². The maximum atomic E-state index is 12.7. The monoisotopic (exact) mass is 435 g/mol. The molecule has 0 unspecified atom stereocenters. The average molecular weight is 435 g/mol. The van der Waals surface area contributed by atoms with E-state index in [-0.39, 0.29) is 16.0 Å². The summed E-state index contributed by atoms with van der Waals surface area (Å²) in [6.07, 6.45) is 0. The molecule has 1 heterocycles. The Kier molecular flexibility index (Phi) is 5.34. The number of nitrogens with one attached hydrogen (secondary N) is 3. The molecule has 4 rings (SSSR count). The van der Waals surface area contributed by atoms with E-state index in [1.807, 2.05) is 0 Å². The molecule has 5 N–H and O–H groups in total. The van der Waals surface area contributed by atoms with Gasteiger partial charge in [0.05, 0.1) is 21.5 Å². The predicted octanol–water partition coefficient (Wildman–Crippen LogP) is 1.99. The third kappa shape index (κ3) is 4.08. The van der Waals surface area contributed by atoms with E-state index in [1.165, 1.54) is 24.3 Å².